The molecular weight excluding hydrogens is 270 g/mol. The molecule has 1 aromatic carbocycles. The molecule has 0 aliphatic heterocycles. The van der Waals surface area contributed by atoms with Crippen LogP contribution in [0.3, 0.4) is 0 Å². The zero-order valence-corrected chi connectivity index (χ0v) is 13.3. The molecule has 0 heterocycles. The van der Waals surface area contributed by atoms with Crippen molar-refractivity contribution in [1.29, 1.82) is 0 Å². The van der Waals surface area contributed by atoms with Gasteiger partial charge in [-0.3, -0.25) is 4.90 Å². The lowest BCUT2D eigenvalue weighted by molar-refractivity contribution is 0.175. The van der Waals surface area contributed by atoms with E-state index in [-0.39, 0.29) is 12.4 Å². The largest absolute Gasteiger partial charge is 0.508 e. The third kappa shape index (κ3) is 3.36. The summed E-state index contributed by atoms with van der Waals surface area (Å²) in [5, 5.41) is 9.98. The molecule has 0 saturated carbocycles. The van der Waals surface area contributed by atoms with Crippen LogP contribution in [-0.2, 0) is 6.42 Å². The van der Waals surface area contributed by atoms with Crippen LogP contribution in [-0.4, -0.2) is 29.1 Å². The Morgan fingerprint density at radius 1 is 1.45 bits per heavy atom. The Morgan fingerprint density at radius 3 is 2.85 bits per heavy atom. The number of phenolic OH excluding ortho intramolecular Hbond substituents is 1. The summed E-state index contributed by atoms with van der Waals surface area (Å²) in [5.74, 6) is 0.941. The number of benzene rings is 1. The fourth-order valence-electron chi connectivity index (χ4n) is 3.38. The molecule has 0 bridgehead atoms. The predicted octanol–water partition coefficient (Wildman–Crippen LogP) is 4.13. The first-order valence-electron chi connectivity index (χ1n) is 7.34. The van der Waals surface area contributed by atoms with Gasteiger partial charge in [0.15, 0.2) is 0 Å². The van der Waals surface area contributed by atoms with Crippen molar-refractivity contribution in [3.8, 4) is 5.75 Å². The van der Waals surface area contributed by atoms with Crippen LogP contribution in [0, 0.1) is 0 Å². The summed E-state index contributed by atoms with van der Waals surface area (Å²) in [6.07, 6.45) is 5.28. The number of hydrogen-bond donors (Lipinski definition) is 1. The Bertz CT molecular complexity index is 447. The summed E-state index contributed by atoms with van der Waals surface area (Å²) in [7, 11) is 0. The van der Waals surface area contributed by atoms with Crippen molar-refractivity contribution in [3.63, 3.8) is 0 Å². The summed E-state index contributed by atoms with van der Waals surface area (Å²) in [6, 6.07) is 6.50. The SMILES string of the molecule is C=CCN(CCC)[C@H]1CCc2c(O)cccc2[C@H]1C.Cl. The van der Waals surface area contributed by atoms with E-state index in [4.69, 9.17) is 0 Å². The molecule has 0 radical (unpaired) electrons. The maximum absolute atomic E-state index is 9.98. The van der Waals surface area contributed by atoms with E-state index in [2.05, 4.69) is 31.4 Å². The van der Waals surface area contributed by atoms with Crippen molar-refractivity contribution in [3.05, 3.63) is 42.0 Å². The number of rotatable bonds is 5. The molecule has 3 heteroatoms. The van der Waals surface area contributed by atoms with E-state index in [0.29, 0.717) is 17.7 Å². The molecule has 1 aliphatic rings. The van der Waals surface area contributed by atoms with Gasteiger partial charge >= 0.3 is 0 Å². The zero-order valence-electron chi connectivity index (χ0n) is 12.5. The number of aromatic hydroxyl groups is 1. The summed E-state index contributed by atoms with van der Waals surface area (Å²) < 4.78 is 0. The van der Waals surface area contributed by atoms with Crippen LogP contribution in [0.15, 0.2) is 30.9 Å². The Labute approximate surface area is 128 Å². The molecule has 2 nitrogen and oxygen atoms in total. The van der Waals surface area contributed by atoms with E-state index >= 15 is 0 Å². The second-order valence-electron chi connectivity index (χ2n) is 5.52. The molecule has 1 aromatic rings. The second-order valence-corrected chi connectivity index (χ2v) is 5.52. The predicted molar refractivity (Wildman–Crippen MR) is 87.9 cm³/mol. The molecule has 0 fully saturated rings. The highest BCUT2D eigenvalue weighted by molar-refractivity contribution is 5.85. The third-order valence-electron chi connectivity index (χ3n) is 4.29. The molecule has 0 spiro atoms. The van der Waals surface area contributed by atoms with Gasteiger partial charge in [0.05, 0.1) is 0 Å². The molecule has 0 unspecified atom stereocenters. The molecule has 112 valence electrons. The minimum Gasteiger partial charge on any atom is -0.508 e. The quantitative estimate of drug-likeness (QED) is 0.826. The molecular formula is C17H26ClNO. The van der Waals surface area contributed by atoms with Gasteiger partial charge in [0, 0.05) is 12.6 Å². The highest BCUT2D eigenvalue weighted by Gasteiger charge is 2.30. The standard InChI is InChI=1S/C17H25NO.ClH/c1-4-11-18(12-5-2)16-10-9-15-14(13(16)3)7-6-8-17(15)19;/h4,6-8,13,16,19H,1,5,9-12H2,2-3H3;1H/t13-,16+;/m1./s1. The van der Waals surface area contributed by atoms with Crippen molar-refractivity contribution in [2.75, 3.05) is 13.1 Å². The second kappa shape index (κ2) is 7.70. The summed E-state index contributed by atoms with van der Waals surface area (Å²) >= 11 is 0. The Morgan fingerprint density at radius 2 is 2.20 bits per heavy atom. The maximum atomic E-state index is 9.98. The fraction of sp³-hybridized carbons (Fsp3) is 0.529. The summed E-state index contributed by atoms with van der Waals surface area (Å²) in [4.78, 5) is 2.53. The van der Waals surface area contributed by atoms with Crippen LogP contribution in [0.5, 0.6) is 5.75 Å². The lowest BCUT2D eigenvalue weighted by Gasteiger charge is -2.39. The van der Waals surface area contributed by atoms with Crippen LogP contribution in [0.4, 0.5) is 0 Å². The van der Waals surface area contributed by atoms with E-state index in [1.165, 1.54) is 12.0 Å². The van der Waals surface area contributed by atoms with Crippen molar-refractivity contribution in [2.24, 2.45) is 0 Å². The monoisotopic (exact) mass is 295 g/mol. The van der Waals surface area contributed by atoms with Crippen LogP contribution in [0.2, 0.25) is 0 Å². The highest BCUT2D eigenvalue weighted by atomic mass is 35.5. The van der Waals surface area contributed by atoms with Gasteiger partial charge in [-0.1, -0.05) is 32.1 Å². The Balaban J connectivity index is 0.00000200. The average molecular weight is 296 g/mol. The number of halogens is 1. The topological polar surface area (TPSA) is 23.5 Å². The van der Waals surface area contributed by atoms with Crippen LogP contribution < -0.4 is 0 Å². The molecule has 1 aliphatic carbocycles. The van der Waals surface area contributed by atoms with Gasteiger partial charge in [-0.2, -0.15) is 0 Å². The summed E-state index contributed by atoms with van der Waals surface area (Å²) in [6.45, 7) is 10.5. The van der Waals surface area contributed by atoms with Crippen molar-refractivity contribution < 1.29 is 5.11 Å². The minimum atomic E-state index is 0. The number of hydrogen-bond acceptors (Lipinski definition) is 2. The normalized spacial score (nSPS) is 21.1. The number of fused-ring (bicyclic) bond motifs is 1. The lowest BCUT2D eigenvalue weighted by atomic mass is 9.79. The van der Waals surface area contributed by atoms with E-state index in [1.807, 2.05) is 12.1 Å². The molecule has 20 heavy (non-hydrogen) atoms. The average Bonchev–Trinajstić information content (AvgIpc) is 2.40. The highest BCUT2D eigenvalue weighted by Crippen LogP contribution is 2.38. The van der Waals surface area contributed by atoms with Crippen molar-refractivity contribution in [2.45, 2.75) is 45.1 Å². The van der Waals surface area contributed by atoms with Gasteiger partial charge in [0.1, 0.15) is 5.75 Å². The third-order valence-corrected chi connectivity index (χ3v) is 4.29. The van der Waals surface area contributed by atoms with Gasteiger partial charge in [-0.25, -0.2) is 0 Å². The van der Waals surface area contributed by atoms with Gasteiger partial charge < -0.3 is 5.11 Å². The first kappa shape index (κ1) is 17.1. The van der Waals surface area contributed by atoms with Gasteiger partial charge in [-0.05, 0) is 48.9 Å². The molecule has 0 amide bonds. The van der Waals surface area contributed by atoms with E-state index < -0.39 is 0 Å². The Kier molecular flexibility index (Phi) is 6.57. The molecule has 2 rings (SSSR count). The fourth-order valence-corrected chi connectivity index (χ4v) is 3.38. The van der Waals surface area contributed by atoms with Crippen LogP contribution >= 0.6 is 12.4 Å². The van der Waals surface area contributed by atoms with Gasteiger partial charge in [-0.15, -0.1) is 19.0 Å². The number of phenols is 1. The Hall–Kier alpha value is -0.990. The lowest BCUT2D eigenvalue weighted by Crippen LogP contribution is -2.42. The van der Waals surface area contributed by atoms with Gasteiger partial charge in [0.2, 0.25) is 0 Å². The minimum absolute atomic E-state index is 0. The smallest absolute Gasteiger partial charge is 0.119 e. The molecule has 0 saturated heterocycles. The summed E-state index contributed by atoms with van der Waals surface area (Å²) in [5.41, 5.74) is 2.47. The van der Waals surface area contributed by atoms with Gasteiger partial charge in [0.25, 0.3) is 0 Å². The molecule has 1 N–H and O–H groups in total. The first-order valence-corrected chi connectivity index (χ1v) is 7.34. The van der Waals surface area contributed by atoms with E-state index in [1.54, 1.807) is 6.07 Å². The first-order chi connectivity index (χ1) is 9.19. The van der Waals surface area contributed by atoms with Crippen molar-refractivity contribution >= 4 is 12.4 Å². The van der Waals surface area contributed by atoms with E-state index in [0.717, 1.165) is 31.5 Å². The van der Waals surface area contributed by atoms with Crippen LogP contribution in [0.25, 0.3) is 0 Å². The maximum Gasteiger partial charge on any atom is 0.119 e. The molecule has 0 aromatic heterocycles. The van der Waals surface area contributed by atoms with Crippen molar-refractivity contribution in [1.82, 2.24) is 4.90 Å². The zero-order chi connectivity index (χ0) is 13.8. The number of nitrogens with zero attached hydrogens (tertiary/aromatic N) is 1. The van der Waals surface area contributed by atoms with Crippen LogP contribution in [0.1, 0.15) is 43.7 Å². The molecule has 2 atom stereocenters. The van der Waals surface area contributed by atoms with E-state index in [9.17, 15) is 5.11 Å².